The molecule has 0 bridgehead atoms. The van der Waals surface area contributed by atoms with Gasteiger partial charge in [0.05, 0.1) is 15.7 Å². The molecule has 1 unspecified atom stereocenters. The Morgan fingerprint density at radius 2 is 1.93 bits per heavy atom. The third-order valence-electron chi connectivity index (χ3n) is 4.46. The number of carbonyl (C=O) groups excluding carboxylic acids is 2. The number of halogens is 2. The lowest BCUT2D eigenvalue weighted by Gasteiger charge is -2.23. The molecular formula is C20H15Cl2N3O4. The third-order valence-corrected chi connectivity index (χ3v) is 5.09. The van der Waals surface area contributed by atoms with Crippen LogP contribution in [0.3, 0.4) is 0 Å². The second kappa shape index (κ2) is 7.42. The van der Waals surface area contributed by atoms with Gasteiger partial charge < -0.3 is 19.9 Å². The summed E-state index contributed by atoms with van der Waals surface area (Å²) in [4.78, 5) is 24.8. The molecule has 1 aliphatic rings. The second-order valence-electron chi connectivity index (χ2n) is 6.47. The van der Waals surface area contributed by atoms with Crippen molar-refractivity contribution in [1.29, 1.82) is 0 Å². The normalized spacial score (nSPS) is 15.3. The maximum atomic E-state index is 13.0. The van der Waals surface area contributed by atoms with E-state index in [-0.39, 0.29) is 17.2 Å². The zero-order valence-electron chi connectivity index (χ0n) is 15.4. The molecule has 2 heterocycles. The highest BCUT2D eigenvalue weighted by atomic mass is 35.5. The Bertz CT molecular complexity index is 1120. The van der Waals surface area contributed by atoms with E-state index in [0.717, 1.165) is 0 Å². The Morgan fingerprint density at radius 3 is 2.66 bits per heavy atom. The Kier molecular flexibility index (Phi) is 4.94. The Balaban J connectivity index is 1.66. The van der Waals surface area contributed by atoms with Crippen molar-refractivity contribution in [2.75, 3.05) is 10.6 Å². The number of carbonyl (C=O) groups is 2. The van der Waals surface area contributed by atoms with Crippen LogP contribution in [0.4, 0.5) is 11.4 Å². The Hall–Kier alpha value is -3.03. The van der Waals surface area contributed by atoms with Gasteiger partial charge in [-0.2, -0.15) is 0 Å². The quantitative estimate of drug-likeness (QED) is 0.612. The first-order valence-electron chi connectivity index (χ1n) is 8.68. The summed E-state index contributed by atoms with van der Waals surface area (Å²) in [6.45, 7) is 3.28. The van der Waals surface area contributed by atoms with E-state index >= 15 is 0 Å². The van der Waals surface area contributed by atoms with Crippen LogP contribution in [0.25, 0.3) is 11.3 Å². The van der Waals surface area contributed by atoms with Gasteiger partial charge >= 0.3 is 0 Å². The highest BCUT2D eigenvalue weighted by molar-refractivity contribution is 6.39. The van der Waals surface area contributed by atoms with E-state index < -0.39 is 12.0 Å². The van der Waals surface area contributed by atoms with Gasteiger partial charge in [-0.25, -0.2) is 0 Å². The fourth-order valence-corrected chi connectivity index (χ4v) is 3.59. The molecule has 0 saturated heterocycles. The van der Waals surface area contributed by atoms with Gasteiger partial charge in [0, 0.05) is 11.3 Å². The number of ether oxygens (including phenoxy) is 1. The largest absolute Gasteiger partial charge is 0.479 e. The van der Waals surface area contributed by atoms with Crippen molar-refractivity contribution in [2.24, 2.45) is 0 Å². The number of nitrogens with one attached hydrogen (secondary N) is 2. The number of amides is 2. The van der Waals surface area contributed by atoms with Gasteiger partial charge in [0.15, 0.2) is 6.10 Å². The summed E-state index contributed by atoms with van der Waals surface area (Å²) in [5, 5.41) is 10.2. The highest BCUT2D eigenvalue weighted by Crippen LogP contribution is 2.37. The minimum absolute atomic E-state index is 0.214. The highest BCUT2D eigenvalue weighted by Gasteiger charge is 2.26. The number of hydrogen-bond acceptors (Lipinski definition) is 5. The van der Waals surface area contributed by atoms with Crippen LogP contribution < -0.4 is 15.4 Å². The van der Waals surface area contributed by atoms with Crippen molar-refractivity contribution in [3.8, 4) is 17.0 Å². The Morgan fingerprint density at radius 1 is 1.21 bits per heavy atom. The van der Waals surface area contributed by atoms with E-state index in [1.165, 1.54) is 0 Å². The lowest BCUT2D eigenvalue weighted by molar-refractivity contribution is -0.122. The van der Waals surface area contributed by atoms with E-state index in [0.29, 0.717) is 38.5 Å². The summed E-state index contributed by atoms with van der Waals surface area (Å²) < 4.78 is 10.7. The smallest absolute Gasteiger partial charge is 0.265 e. The van der Waals surface area contributed by atoms with Gasteiger partial charge in [0.1, 0.15) is 22.8 Å². The SMILES string of the molecule is Cc1onc(-c2c(Cl)cccc2Cl)c1C(=O)Nc1ccc2c(c1)NC(=O)C(C)O2. The fraction of sp³-hybridized carbons (Fsp3) is 0.150. The molecular weight excluding hydrogens is 417 g/mol. The standard InChI is InChI=1S/C20H15Cl2N3O4/c1-9-16(18(25-29-9)17-12(21)4-3-5-13(17)22)20(27)23-11-6-7-15-14(8-11)24-19(26)10(2)28-15/h3-8,10H,1-2H3,(H,23,27)(H,24,26). The topological polar surface area (TPSA) is 93.5 Å². The molecule has 3 aromatic rings. The summed E-state index contributed by atoms with van der Waals surface area (Å²) in [6.07, 6.45) is -0.578. The first kappa shape index (κ1) is 19.3. The van der Waals surface area contributed by atoms with Crippen LogP contribution in [0.15, 0.2) is 40.9 Å². The van der Waals surface area contributed by atoms with Gasteiger partial charge in [0.2, 0.25) is 0 Å². The molecule has 29 heavy (non-hydrogen) atoms. The van der Waals surface area contributed by atoms with E-state index in [9.17, 15) is 9.59 Å². The molecule has 9 heteroatoms. The van der Waals surface area contributed by atoms with Crippen molar-refractivity contribution >= 4 is 46.4 Å². The number of benzene rings is 2. The summed E-state index contributed by atoms with van der Waals surface area (Å²) in [5.74, 6) is 0.134. The van der Waals surface area contributed by atoms with Gasteiger partial charge in [-0.15, -0.1) is 0 Å². The Labute approximate surface area is 175 Å². The number of fused-ring (bicyclic) bond motifs is 1. The molecule has 1 aliphatic heterocycles. The molecule has 0 saturated carbocycles. The average Bonchev–Trinajstić information content (AvgIpc) is 3.04. The molecule has 148 valence electrons. The summed E-state index contributed by atoms with van der Waals surface area (Å²) in [5.41, 5.74) is 1.81. The van der Waals surface area contributed by atoms with Gasteiger partial charge in [-0.1, -0.05) is 34.4 Å². The molecule has 2 N–H and O–H groups in total. The lowest BCUT2D eigenvalue weighted by Crippen LogP contribution is -2.34. The molecule has 2 amide bonds. The molecule has 1 aromatic heterocycles. The third kappa shape index (κ3) is 3.54. The summed E-state index contributed by atoms with van der Waals surface area (Å²) >= 11 is 12.5. The number of aryl methyl sites for hydroxylation is 1. The van der Waals surface area contributed by atoms with Crippen LogP contribution in [-0.4, -0.2) is 23.1 Å². The molecule has 0 spiro atoms. The maximum Gasteiger partial charge on any atom is 0.265 e. The first-order chi connectivity index (χ1) is 13.8. The van der Waals surface area contributed by atoms with E-state index in [4.69, 9.17) is 32.5 Å². The van der Waals surface area contributed by atoms with Crippen LogP contribution in [0.2, 0.25) is 10.0 Å². The number of aromatic nitrogens is 1. The van der Waals surface area contributed by atoms with Crippen molar-refractivity contribution in [1.82, 2.24) is 5.16 Å². The first-order valence-corrected chi connectivity index (χ1v) is 9.44. The van der Waals surface area contributed by atoms with Crippen molar-refractivity contribution in [2.45, 2.75) is 20.0 Å². The van der Waals surface area contributed by atoms with E-state index in [1.54, 1.807) is 50.2 Å². The summed E-state index contributed by atoms with van der Waals surface area (Å²) in [6, 6.07) is 9.97. The fourth-order valence-electron chi connectivity index (χ4n) is 3.01. The van der Waals surface area contributed by atoms with Crippen LogP contribution in [0.5, 0.6) is 5.75 Å². The lowest BCUT2D eigenvalue weighted by atomic mass is 10.1. The van der Waals surface area contributed by atoms with Crippen LogP contribution >= 0.6 is 23.2 Å². The minimum atomic E-state index is -0.578. The predicted octanol–water partition coefficient (Wildman–Crippen LogP) is 4.93. The zero-order valence-corrected chi connectivity index (χ0v) is 16.9. The number of hydrogen-bond donors (Lipinski definition) is 2. The molecule has 0 aliphatic carbocycles. The van der Waals surface area contributed by atoms with Crippen molar-refractivity contribution in [3.05, 3.63) is 57.8 Å². The number of anilines is 2. The second-order valence-corrected chi connectivity index (χ2v) is 7.29. The predicted molar refractivity (Wildman–Crippen MR) is 110 cm³/mol. The molecule has 0 radical (unpaired) electrons. The van der Waals surface area contributed by atoms with Crippen LogP contribution in [0, 0.1) is 6.92 Å². The average molecular weight is 432 g/mol. The molecule has 0 fully saturated rings. The van der Waals surface area contributed by atoms with Crippen molar-refractivity contribution < 1.29 is 18.8 Å². The minimum Gasteiger partial charge on any atom is -0.479 e. The summed E-state index contributed by atoms with van der Waals surface area (Å²) in [7, 11) is 0. The number of nitrogens with zero attached hydrogens (tertiary/aromatic N) is 1. The molecule has 4 rings (SSSR count). The van der Waals surface area contributed by atoms with Crippen LogP contribution in [0.1, 0.15) is 23.0 Å². The van der Waals surface area contributed by atoms with Crippen LogP contribution in [-0.2, 0) is 4.79 Å². The monoisotopic (exact) mass is 431 g/mol. The zero-order chi connectivity index (χ0) is 20.7. The van der Waals surface area contributed by atoms with Gasteiger partial charge in [-0.05, 0) is 44.2 Å². The molecule has 7 nitrogen and oxygen atoms in total. The molecule has 1 atom stereocenters. The number of rotatable bonds is 3. The van der Waals surface area contributed by atoms with E-state index in [2.05, 4.69) is 15.8 Å². The maximum absolute atomic E-state index is 13.0. The van der Waals surface area contributed by atoms with Gasteiger partial charge in [-0.3, -0.25) is 9.59 Å². The van der Waals surface area contributed by atoms with Gasteiger partial charge in [0.25, 0.3) is 11.8 Å². The molecule has 2 aromatic carbocycles. The van der Waals surface area contributed by atoms with E-state index in [1.807, 2.05) is 0 Å². The van der Waals surface area contributed by atoms with Crippen molar-refractivity contribution in [3.63, 3.8) is 0 Å².